The molecule has 0 fully saturated rings. The first kappa shape index (κ1) is 29.5. The molecule has 0 amide bonds. The zero-order valence-corrected chi connectivity index (χ0v) is 24.7. The fourth-order valence-corrected chi connectivity index (χ4v) is 6.95. The normalized spacial score (nSPS) is 13.2. The largest absolute Gasteiger partial charge is 0.354 e. The van der Waals surface area contributed by atoms with Crippen LogP contribution in [0.1, 0.15) is 92.9 Å². The molecule has 1 aromatic carbocycles. The first-order valence-corrected chi connectivity index (χ1v) is 15.9. The van der Waals surface area contributed by atoms with E-state index in [0.29, 0.717) is 0 Å². The van der Waals surface area contributed by atoms with E-state index < -0.39 is 29.9 Å². The predicted octanol–water partition coefficient (Wildman–Crippen LogP) is 3.89. The van der Waals surface area contributed by atoms with Crippen LogP contribution in [0.15, 0.2) is 24.3 Å². The molecule has 1 aromatic rings. The predicted molar refractivity (Wildman–Crippen MR) is 143 cm³/mol. The first-order valence-electron chi connectivity index (χ1n) is 13.0. The van der Waals surface area contributed by atoms with Crippen LogP contribution in [0.2, 0.25) is 0 Å². The van der Waals surface area contributed by atoms with Crippen molar-refractivity contribution < 1.29 is 18.9 Å². The van der Waals surface area contributed by atoms with Crippen LogP contribution in [-0.4, -0.2) is 56.3 Å². The molecule has 1 rings (SSSR count). The summed E-state index contributed by atoms with van der Waals surface area (Å²) in [6, 6.07) is 9.16. The molecule has 0 aliphatic carbocycles. The number of hydrogen-bond acceptors (Lipinski definition) is 4. The zero-order valence-electron chi connectivity index (χ0n) is 21.8. The van der Waals surface area contributed by atoms with Crippen molar-refractivity contribution in [2.45, 2.75) is 104 Å². The summed E-state index contributed by atoms with van der Waals surface area (Å²) in [5, 5.41) is 2.78. The number of unbranched alkanes of at least 4 members (excludes halogenated alkanes) is 4. The lowest BCUT2D eigenvalue weighted by atomic mass is 10.3. The van der Waals surface area contributed by atoms with Crippen molar-refractivity contribution in [3.05, 3.63) is 24.3 Å². The third-order valence-corrected chi connectivity index (χ3v) is 9.55. The SMILES string of the molecule is CCCCOC(C)(OCCCC)[SiH2]c1ccc([SiH2]C(C)(OCCCC)OCCCC)cc1. The van der Waals surface area contributed by atoms with E-state index in [1.54, 1.807) is 0 Å². The molecule has 0 aliphatic heterocycles. The van der Waals surface area contributed by atoms with Gasteiger partial charge in [-0.2, -0.15) is 0 Å². The van der Waals surface area contributed by atoms with Crippen molar-refractivity contribution in [2.24, 2.45) is 0 Å². The monoisotopic (exact) mass is 482 g/mol. The summed E-state index contributed by atoms with van der Waals surface area (Å²) in [4.78, 5) is 0. The van der Waals surface area contributed by atoms with Crippen LogP contribution in [0.4, 0.5) is 0 Å². The van der Waals surface area contributed by atoms with E-state index in [1.807, 2.05) is 0 Å². The van der Waals surface area contributed by atoms with Gasteiger partial charge in [-0.15, -0.1) is 0 Å². The Labute approximate surface area is 202 Å². The summed E-state index contributed by atoms with van der Waals surface area (Å²) in [6.45, 7) is 16.2. The van der Waals surface area contributed by atoms with Crippen molar-refractivity contribution >= 4 is 29.4 Å². The van der Waals surface area contributed by atoms with Gasteiger partial charge in [0.2, 0.25) is 0 Å². The second-order valence-electron chi connectivity index (χ2n) is 9.25. The van der Waals surface area contributed by atoms with E-state index in [4.69, 9.17) is 18.9 Å². The second-order valence-corrected chi connectivity index (χ2v) is 14.2. The number of rotatable bonds is 20. The fraction of sp³-hybridized carbons (Fsp3) is 0.769. The Morgan fingerprint density at radius 2 is 0.781 bits per heavy atom. The topological polar surface area (TPSA) is 36.9 Å². The highest BCUT2D eigenvalue weighted by Gasteiger charge is 2.28. The van der Waals surface area contributed by atoms with Crippen molar-refractivity contribution in [1.82, 2.24) is 0 Å². The van der Waals surface area contributed by atoms with Gasteiger partial charge < -0.3 is 18.9 Å². The van der Waals surface area contributed by atoms with Gasteiger partial charge in [-0.05, 0) is 39.5 Å². The van der Waals surface area contributed by atoms with Crippen LogP contribution in [0, 0.1) is 0 Å². The lowest BCUT2D eigenvalue weighted by Gasteiger charge is -2.31. The molecule has 0 aliphatic rings. The number of ether oxygens (including phenoxy) is 4. The Kier molecular flexibility index (Phi) is 15.7. The molecule has 6 heteroatoms. The molecule has 0 unspecified atom stereocenters. The van der Waals surface area contributed by atoms with Gasteiger partial charge in [-0.1, -0.05) is 88.0 Å². The van der Waals surface area contributed by atoms with Gasteiger partial charge in [0.15, 0.2) is 0 Å². The zero-order chi connectivity index (χ0) is 23.7. The summed E-state index contributed by atoms with van der Waals surface area (Å²) in [6.07, 6.45) is 8.91. The van der Waals surface area contributed by atoms with Gasteiger partial charge in [0.05, 0.1) is 0 Å². The highest BCUT2D eigenvalue weighted by molar-refractivity contribution is 6.58. The maximum Gasteiger partial charge on any atom is 0.147 e. The minimum absolute atomic E-state index is 0.426. The molecular weight excluding hydrogens is 432 g/mol. The molecule has 0 heterocycles. The van der Waals surface area contributed by atoms with Crippen molar-refractivity contribution in [3.63, 3.8) is 0 Å². The van der Waals surface area contributed by atoms with Crippen molar-refractivity contribution in [1.29, 1.82) is 0 Å². The standard InChI is InChI=1S/C26H50O4Si2/c1-7-11-19-27-25(5,28-20-12-8-2)31-23-15-17-24(18-16-23)32-26(6,29-21-13-9-3)30-22-14-10-4/h15-18H,7-14,19-22,31-32H2,1-6H3. The first-order chi connectivity index (χ1) is 15.4. The van der Waals surface area contributed by atoms with Crippen molar-refractivity contribution in [3.8, 4) is 0 Å². The van der Waals surface area contributed by atoms with Crippen LogP contribution >= 0.6 is 0 Å². The van der Waals surface area contributed by atoms with Gasteiger partial charge in [0, 0.05) is 26.4 Å². The minimum atomic E-state index is -0.732. The summed E-state index contributed by atoms with van der Waals surface area (Å²) < 4.78 is 25.0. The maximum absolute atomic E-state index is 6.25. The minimum Gasteiger partial charge on any atom is -0.354 e. The van der Waals surface area contributed by atoms with E-state index in [-0.39, 0.29) is 0 Å². The van der Waals surface area contributed by atoms with Gasteiger partial charge in [-0.3, -0.25) is 0 Å². The summed E-state index contributed by atoms with van der Waals surface area (Å²) >= 11 is 0. The van der Waals surface area contributed by atoms with Gasteiger partial charge in [-0.25, -0.2) is 0 Å². The molecule has 0 radical (unpaired) electrons. The molecular formula is C26H50O4Si2. The van der Waals surface area contributed by atoms with E-state index >= 15 is 0 Å². The van der Waals surface area contributed by atoms with Crippen LogP contribution in [-0.2, 0) is 18.9 Å². The van der Waals surface area contributed by atoms with E-state index in [0.717, 1.165) is 77.8 Å². The molecule has 0 atom stereocenters. The Morgan fingerprint density at radius 1 is 0.531 bits per heavy atom. The highest BCUT2D eigenvalue weighted by atomic mass is 28.2. The van der Waals surface area contributed by atoms with E-state index in [1.165, 1.54) is 10.4 Å². The third-order valence-electron chi connectivity index (χ3n) is 5.69. The summed E-state index contributed by atoms with van der Waals surface area (Å²) in [5.74, 6) is 0. The molecule has 0 N–H and O–H groups in total. The molecule has 32 heavy (non-hydrogen) atoms. The lowest BCUT2D eigenvalue weighted by molar-refractivity contribution is -0.169. The van der Waals surface area contributed by atoms with Crippen LogP contribution in [0.25, 0.3) is 0 Å². The van der Waals surface area contributed by atoms with Crippen LogP contribution in [0.5, 0.6) is 0 Å². The maximum atomic E-state index is 6.25. The average molecular weight is 483 g/mol. The smallest absolute Gasteiger partial charge is 0.147 e. The molecule has 0 spiro atoms. The molecule has 186 valence electrons. The Hall–Kier alpha value is -0.506. The van der Waals surface area contributed by atoms with E-state index in [2.05, 4.69) is 65.8 Å². The molecule has 0 bridgehead atoms. The van der Waals surface area contributed by atoms with E-state index in [9.17, 15) is 0 Å². The second kappa shape index (κ2) is 17.0. The third kappa shape index (κ3) is 12.7. The highest BCUT2D eigenvalue weighted by Crippen LogP contribution is 2.15. The summed E-state index contributed by atoms with van der Waals surface area (Å²) in [7, 11) is -1.46. The fourth-order valence-electron chi connectivity index (χ4n) is 3.53. The van der Waals surface area contributed by atoms with Crippen LogP contribution in [0.3, 0.4) is 0 Å². The molecule has 4 nitrogen and oxygen atoms in total. The van der Waals surface area contributed by atoms with Gasteiger partial charge in [0.25, 0.3) is 0 Å². The Morgan fingerprint density at radius 3 is 1.00 bits per heavy atom. The lowest BCUT2D eigenvalue weighted by Crippen LogP contribution is -2.47. The number of benzene rings is 1. The molecule has 0 aromatic heterocycles. The average Bonchev–Trinajstić information content (AvgIpc) is 2.76. The van der Waals surface area contributed by atoms with Crippen molar-refractivity contribution in [2.75, 3.05) is 26.4 Å². The summed E-state index contributed by atoms with van der Waals surface area (Å²) in [5.41, 5.74) is -0.853. The number of hydrogen-bond donors (Lipinski definition) is 0. The Bertz CT molecular complexity index is 509. The van der Waals surface area contributed by atoms with Gasteiger partial charge >= 0.3 is 0 Å². The van der Waals surface area contributed by atoms with Crippen LogP contribution < -0.4 is 10.4 Å². The van der Waals surface area contributed by atoms with Gasteiger partial charge in [0.1, 0.15) is 29.9 Å². The Balaban J connectivity index is 2.78. The molecule has 0 saturated carbocycles. The quantitative estimate of drug-likeness (QED) is 0.160. The molecule has 0 saturated heterocycles.